The largest absolute Gasteiger partial charge is 0.573 e. The van der Waals surface area contributed by atoms with Crippen molar-refractivity contribution in [1.82, 2.24) is 20.1 Å². The first-order valence-corrected chi connectivity index (χ1v) is 17.9. The summed E-state index contributed by atoms with van der Waals surface area (Å²) < 4.78 is 48.5. The number of urea groups is 1. The van der Waals surface area contributed by atoms with E-state index in [4.69, 9.17) is 4.74 Å². The number of esters is 1. The molecule has 6 rings (SSSR count). The molecule has 1 saturated heterocycles. The van der Waals surface area contributed by atoms with E-state index in [2.05, 4.69) is 25.1 Å². The van der Waals surface area contributed by atoms with Gasteiger partial charge in [0.05, 0.1) is 17.1 Å². The fourth-order valence-electron chi connectivity index (χ4n) is 5.93. The summed E-state index contributed by atoms with van der Waals surface area (Å²) >= 11 is 1.15. The third-order valence-corrected chi connectivity index (χ3v) is 9.29. The highest BCUT2D eigenvalue weighted by molar-refractivity contribution is 8.15. The zero-order valence-electron chi connectivity index (χ0n) is 29.4. The van der Waals surface area contributed by atoms with Gasteiger partial charge in [-0.1, -0.05) is 92.3 Å². The van der Waals surface area contributed by atoms with Crippen molar-refractivity contribution in [2.45, 2.75) is 52.1 Å². The van der Waals surface area contributed by atoms with Crippen molar-refractivity contribution in [3.05, 3.63) is 126 Å². The fourth-order valence-corrected chi connectivity index (χ4v) is 6.79. The molecule has 0 bridgehead atoms. The SMILES string of the molecule is Cc1cccc(N2C(=O)CSC2=NC(=O)NC(Cc2ccc(-c3ncn(-c4ccc(OC(F)(F)F)cc4)n3)cc2)C(=O)OCc2ccccc2)c1C(C)C. The van der Waals surface area contributed by atoms with Gasteiger partial charge in [0.15, 0.2) is 11.0 Å². The molecule has 1 atom stereocenters. The monoisotopic (exact) mass is 756 g/mol. The zero-order valence-corrected chi connectivity index (χ0v) is 30.2. The molecular formula is C39H35F3N6O5S. The topological polar surface area (TPSA) is 128 Å². The van der Waals surface area contributed by atoms with E-state index in [0.717, 1.165) is 28.5 Å². The number of anilines is 1. The highest BCUT2D eigenvalue weighted by atomic mass is 32.2. The Morgan fingerprint density at radius 1 is 0.944 bits per heavy atom. The third-order valence-electron chi connectivity index (χ3n) is 8.37. The average Bonchev–Trinajstić information content (AvgIpc) is 3.77. The van der Waals surface area contributed by atoms with Crippen LogP contribution in [-0.2, 0) is 27.4 Å². The van der Waals surface area contributed by atoms with Crippen LogP contribution in [-0.4, -0.2) is 56.0 Å². The second-order valence-corrected chi connectivity index (χ2v) is 13.6. The van der Waals surface area contributed by atoms with Gasteiger partial charge in [-0.25, -0.2) is 19.3 Å². The Morgan fingerprint density at radius 3 is 2.35 bits per heavy atom. The van der Waals surface area contributed by atoms with Gasteiger partial charge in [0.25, 0.3) is 0 Å². The zero-order chi connectivity index (χ0) is 38.4. The number of hydrogen-bond acceptors (Lipinski definition) is 8. The number of ether oxygens (including phenoxy) is 2. The third kappa shape index (κ3) is 9.33. The number of hydrogen-bond donors (Lipinski definition) is 1. The number of aryl methyl sites for hydroxylation is 1. The molecule has 278 valence electrons. The first-order valence-electron chi connectivity index (χ1n) is 16.9. The summed E-state index contributed by atoms with van der Waals surface area (Å²) in [6, 6.07) is 25.1. The number of carbonyl (C=O) groups is 3. The number of amides is 3. The Hall–Kier alpha value is -5.96. The maximum atomic E-state index is 13.5. The maximum Gasteiger partial charge on any atom is 0.573 e. The first-order chi connectivity index (χ1) is 25.8. The summed E-state index contributed by atoms with van der Waals surface area (Å²) in [5, 5.41) is 7.34. The molecule has 0 spiro atoms. The molecule has 2 heterocycles. The minimum Gasteiger partial charge on any atom is -0.459 e. The first kappa shape index (κ1) is 37.8. The Labute approximate surface area is 313 Å². The van der Waals surface area contributed by atoms with E-state index in [-0.39, 0.29) is 41.5 Å². The Kier molecular flexibility index (Phi) is 11.5. The number of aromatic nitrogens is 3. The second kappa shape index (κ2) is 16.4. The van der Waals surface area contributed by atoms with Crippen molar-refractivity contribution in [2.75, 3.05) is 10.7 Å². The molecule has 4 aromatic carbocycles. The van der Waals surface area contributed by atoms with Crippen LogP contribution in [0.3, 0.4) is 0 Å². The molecule has 3 amide bonds. The minimum absolute atomic E-state index is 0.00459. The van der Waals surface area contributed by atoms with Crippen molar-refractivity contribution in [3.63, 3.8) is 0 Å². The van der Waals surface area contributed by atoms with Crippen LogP contribution in [0.25, 0.3) is 17.1 Å². The van der Waals surface area contributed by atoms with Crippen LogP contribution in [0.2, 0.25) is 0 Å². The highest BCUT2D eigenvalue weighted by Gasteiger charge is 2.34. The summed E-state index contributed by atoms with van der Waals surface area (Å²) in [5.74, 6) is -0.656. The van der Waals surface area contributed by atoms with Gasteiger partial charge in [0, 0.05) is 12.0 Å². The number of alkyl halides is 3. The number of halogens is 3. The van der Waals surface area contributed by atoms with Crippen LogP contribution in [0, 0.1) is 6.92 Å². The smallest absolute Gasteiger partial charge is 0.459 e. The molecule has 1 aliphatic rings. The molecule has 1 fully saturated rings. The maximum absolute atomic E-state index is 13.5. The summed E-state index contributed by atoms with van der Waals surface area (Å²) in [6.45, 7) is 6.04. The van der Waals surface area contributed by atoms with Crippen LogP contribution in [0.15, 0.2) is 108 Å². The molecule has 0 aliphatic carbocycles. The molecule has 0 saturated carbocycles. The van der Waals surface area contributed by atoms with Crippen molar-refractivity contribution < 1.29 is 37.0 Å². The van der Waals surface area contributed by atoms with Gasteiger partial charge in [-0.2, -0.15) is 4.99 Å². The minimum atomic E-state index is -4.80. The van der Waals surface area contributed by atoms with Crippen molar-refractivity contribution >= 4 is 40.5 Å². The van der Waals surface area contributed by atoms with Crippen LogP contribution in [0.4, 0.5) is 23.7 Å². The van der Waals surface area contributed by atoms with Crippen LogP contribution >= 0.6 is 11.8 Å². The molecule has 5 aromatic rings. The average molecular weight is 757 g/mol. The van der Waals surface area contributed by atoms with E-state index >= 15 is 0 Å². The summed E-state index contributed by atoms with van der Waals surface area (Å²) in [7, 11) is 0. The normalized spacial score (nSPS) is 14.4. The van der Waals surface area contributed by atoms with Crippen molar-refractivity contribution in [2.24, 2.45) is 4.99 Å². The van der Waals surface area contributed by atoms with Crippen LogP contribution < -0.4 is 15.0 Å². The molecule has 54 heavy (non-hydrogen) atoms. The lowest BCUT2D eigenvalue weighted by Crippen LogP contribution is -2.43. The molecule has 1 aromatic heterocycles. The molecule has 15 heteroatoms. The number of nitrogens with one attached hydrogen (secondary N) is 1. The number of rotatable bonds is 11. The molecule has 0 radical (unpaired) electrons. The number of aliphatic imine (C=N–C) groups is 1. The van der Waals surface area contributed by atoms with Gasteiger partial charge in [0.1, 0.15) is 24.7 Å². The Morgan fingerprint density at radius 2 is 1.67 bits per heavy atom. The predicted octanol–water partition coefficient (Wildman–Crippen LogP) is 7.76. The summed E-state index contributed by atoms with van der Waals surface area (Å²) in [6.07, 6.45) is -3.31. The quantitative estimate of drug-likeness (QED) is 0.136. The number of nitrogens with zero attached hydrogens (tertiary/aromatic N) is 5. The molecule has 1 unspecified atom stereocenters. The lowest BCUT2D eigenvalue weighted by Gasteiger charge is -2.23. The van der Waals surface area contributed by atoms with E-state index in [1.807, 2.05) is 69.3 Å². The molecule has 1 aliphatic heterocycles. The van der Waals surface area contributed by atoms with Crippen LogP contribution in [0.5, 0.6) is 5.75 Å². The van der Waals surface area contributed by atoms with Crippen LogP contribution in [0.1, 0.15) is 42.0 Å². The van der Waals surface area contributed by atoms with E-state index in [9.17, 15) is 27.6 Å². The summed E-state index contributed by atoms with van der Waals surface area (Å²) in [5.41, 5.74) is 5.21. The van der Waals surface area contributed by atoms with Gasteiger partial charge < -0.3 is 14.8 Å². The Bertz CT molecular complexity index is 2160. The van der Waals surface area contributed by atoms with E-state index in [0.29, 0.717) is 28.3 Å². The highest BCUT2D eigenvalue weighted by Crippen LogP contribution is 2.35. The number of benzene rings is 4. The van der Waals surface area contributed by atoms with Gasteiger partial charge in [0.2, 0.25) is 5.91 Å². The van der Waals surface area contributed by atoms with Gasteiger partial charge >= 0.3 is 18.4 Å². The van der Waals surface area contributed by atoms with Crippen molar-refractivity contribution in [3.8, 4) is 22.8 Å². The number of carbonyl (C=O) groups excluding carboxylic acids is 3. The molecule has 1 N–H and O–H groups in total. The van der Waals surface area contributed by atoms with Crippen molar-refractivity contribution in [1.29, 1.82) is 0 Å². The standard InChI is InChI=1S/C39H35F3N6O5S/c1-24(2)34-25(3)8-7-11-32(34)48-33(49)22-54-38(48)45-37(51)44-31(36(50)52-21-27-9-5-4-6-10-27)20-26-12-14-28(15-13-26)35-43-23-47(46-35)29-16-18-30(19-17-29)53-39(40,41)42/h4-19,23-24,31H,20-22H2,1-3H3,(H,44,51). The number of thioether (sulfide) groups is 1. The second-order valence-electron chi connectivity index (χ2n) is 12.6. The Balaban J connectivity index is 1.19. The van der Waals surface area contributed by atoms with E-state index in [1.165, 1.54) is 40.2 Å². The van der Waals surface area contributed by atoms with Gasteiger partial charge in [-0.05, 0) is 65.4 Å². The van der Waals surface area contributed by atoms with E-state index < -0.39 is 24.4 Å². The fraction of sp³-hybridized carbons (Fsp3) is 0.231. The number of amidine groups is 1. The lowest BCUT2D eigenvalue weighted by molar-refractivity contribution is -0.274. The lowest BCUT2D eigenvalue weighted by atomic mass is 9.95. The summed E-state index contributed by atoms with van der Waals surface area (Å²) in [4.78, 5) is 50.0. The molecular weight excluding hydrogens is 722 g/mol. The van der Waals surface area contributed by atoms with E-state index in [1.54, 1.807) is 24.3 Å². The van der Waals surface area contributed by atoms with Gasteiger partial charge in [-0.3, -0.25) is 9.69 Å². The molecule has 11 nitrogen and oxygen atoms in total. The van der Waals surface area contributed by atoms with Gasteiger partial charge in [-0.15, -0.1) is 18.3 Å². The predicted molar refractivity (Wildman–Crippen MR) is 198 cm³/mol.